The lowest BCUT2D eigenvalue weighted by Crippen LogP contribution is -2.39. The Morgan fingerprint density at radius 3 is 2.76 bits per heavy atom. The van der Waals surface area contributed by atoms with Gasteiger partial charge in [-0.1, -0.05) is 24.8 Å². The number of hydrogen-bond donors (Lipinski definition) is 1. The summed E-state index contributed by atoms with van der Waals surface area (Å²) in [6, 6.07) is 8.27. The number of nitrogens with zero attached hydrogens (tertiary/aromatic N) is 1. The van der Waals surface area contributed by atoms with E-state index in [9.17, 15) is 4.79 Å². The van der Waals surface area contributed by atoms with Crippen LogP contribution in [0.3, 0.4) is 0 Å². The Morgan fingerprint density at radius 2 is 2.14 bits per heavy atom. The van der Waals surface area contributed by atoms with Crippen molar-refractivity contribution in [1.82, 2.24) is 10.2 Å². The third kappa shape index (κ3) is 2.95. The highest BCUT2D eigenvalue weighted by Crippen LogP contribution is 2.39. The van der Waals surface area contributed by atoms with E-state index in [1.54, 1.807) is 6.08 Å². The van der Waals surface area contributed by atoms with E-state index >= 15 is 0 Å². The quantitative estimate of drug-likeness (QED) is 0.817. The Balaban J connectivity index is 1.74. The lowest BCUT2D eigenvalue weighted by atomic mass is 10.1. The van der Waals surface area contributed by atoms with Gasteiger partial charge < -0.3 is 9.64 Å². The molecule has 1 heterocycles. The fraction of sp³-hybridized carbons (Fsp3) is 0.471. The predicted molar refractivity (Wildman–Crippen MR) is 81.9 cm³/mol. The molecule has 0 aromatic heterocycles. The molecule has 1 aromatic rings. The second-order valence-electron chi connectivity index (χ2n) is 5.83. The Hall–Kier alpha value is -1.81. The van der Waals surface area contributed by atoms with Crippen molar-refractivity contribution in [2.75, 3.05) is 13.2 Å². The van der Waals surface area contributed by atoms with Gasteiger partial charge in [-0.3, -0.25) is 10.1 Å². The topological polar surface area (TPSA) is 41.6 Å². The van der Waals surface area contributed by atoms with E-state index in [2.05, 4.69) is 18.8 Å². The molecule has 0 bridgehead atoms. The fourth-order valence-corrected chi connectivity index (χ4v) is 2.97. The standard InChI is InChI=1S/C17H22N2O2/c1-3-10-21-15-8-6-14(7-9-15)17-18-11-16(20)19(17)12(2)13-4-5-13/h3,6-9,12-13,17-18H,1,4-5,10-11H2,2H3. The van der Waals surface area contributed by atoms with Crippen molar-refractivity contribution in [2.24, 2.45) is 5.92 Å². The molecular weight excluding hydrogens is 264 g/mol. The molecule has 2 atom stereocenters. The van der Waals surface area contributed by atoms with Crippen molar-refractivity contribution in [3.8, 4) is 5.75 Å². The Labute approximate surface area is 125 Å². The summed E-state index contributed by atoms with van der Waals surface area (Å²) in [6.07, 6.45) is 4.20. The molecule has 1 saturated carbocycles. The maximum atomic E-state index is 12.2. The largest absolute Gasteiger partial charge is 0.490 e. The molecule has 4 nitrogen and oxygen atoms in total. The summed E-state index contributed by atoms with van der Waals surface area (Å²) in [5, 5.41) is 3.32. The lowest BCUT2D eigenvalue weighted by molar-refractivity contribution is -0.130. The zero-order valence-corrected chi connectivity index (χ0v) is 12.4. The van der Waals surface area contributed by atoms with Crippen LogP contribution in [0.2, 0.25) is 0 Å². The first-order valence-corrected chi connectivity index (χ1v) is 7.59. The third-order valence-electron chi connectivity index (χ3n) is 4.32. The zero-order chi connectivity index (χ0) is 14.8. The van der Waals surface area contributed by atoms with Gasteiger partial charge in [-0.25, -0.2) is 0 Å². The van der Waals surface area contributed by atoms with E-state index in [-0.39, 0.29) is 12.1 Å². The van der Waals surface area contributed by atoms with Gasteiger partial charge in [0.15, 0.2) is 0 Å². The minimum absolute atomic E-state index is 0.0124. The lowest BCUT2D eigenvalue weighted by Gasteiger charge is -2.31. The van der Waals surface area contributed by atoms with Crippen molar-refractivity contribution >= 4 is 5.91 Å². The molecule has 1 aromatic carbocycles. The number of rotatable bonds is 6. The molecule has 1 saturated heterocycles. The summed E-state index contributed by atoms with van der Waals surface area (Å²) in [5.74, 6) is 1.70. The normalized spacial score (nSPS) is 23.2. The Morgan fingerprint density at radius 1 is 1.43 bits per heavy atom. The number of hydrogen-bond acceptors (Lipinski definition) is 3. The van der Waals surface area contributed by atoms with E-state index in [1.165, 1.54) is 12.8 Å². The van der Waals surface area contributed by atoms with Gasteiger partial charge in [-0.05, 0) is 43.4 Å². The van der Waals surface area contributed by atoms with Gasteiger partial charge >= 0.3 is 0 Å². The van der Waals surface area contributed by atoms with Gasteiger partial charge in [0.25, 0.3) is 0 Å². The zero-order valence-electron chi connectivity index (χ0n) is 12.4. The van der Waals surface area contributed by atoms with Crippen molar-refractivity contribution in [2.45, 2.75) is 32.0 Å². The fourth-order valence-electron chi connectivity index (χ4n) is 2.97. The van der Waals surface area contributed by atoms with Crippen molar-refractivity contribution in [3.63, 3.8) is 0 Å². The summed E-state index contributed by atoms with van der Waals surface area (Å²) < 4.78 is 5.50. The highest BCUT2D eigenvalue weighted by Gasteiger charge is 2.41. The molecule has 1 N–H and O–H groups in total. The summed E-state index contributed by atoms with van der Waals surface area (Å²) >= 11 is 0. The van der Waals surface area contributed by atoms with Gasteiger partial charge in [0.2, 0.25) is 5.91 Å². The van der Waals surface area contributed by atoms with Crippen LogP contribution in [-0.2, 0) is 4.79 Å². The summed E-state index contributed by atoms with van der Waals surface area (Å²) in [7, 11) is 0. The average molecular weight is 286 g/mol. The molecule has 2 aliphatic rings. The van der Waals surface area contributed by atoms with Gasteiger partial charge in [0, 0.05) is 6.04 Å². The molecule has 3 rings (SSSR count). The summed E-state index contributed by atoms with van der Waals surface area (Å²) in [6.45, 7) is 6.73. The molecule has 21 heavy (non-hydrogen) atoms. The first kappa shape index (κ1) is 14.1. The highest BCUT2D eigenvalue weighted by atomic mass is 16.5. The van der Waals surface area contributed by atoms with Crippen LogP contribution in [0.1, 0.15) is 31.5 Å². The van der Waals surface area contributed by atoms with Gasteiger partial charge in [-0.15, -0.1) is 0 Å². The monoisotopic (exact) mass is 286 g/mol. The Bertz CT molecular complexity index is 522. The number of amides is 1. The second kappa shape index (κ2) is 5.90. The van der Waals surface area contributed by atoms with Crippen molar-refractivity contribution in [1.29, 1.82) is 0 Å². The number of carbonyl (C=O) groups excluding carboxylic acids is 1. The van der Waals surface area contributed by atoms with E-state index in [0.717, 1.165) is 11.3 Å². The van der Waals surface area contributed by atoms with Crippen LogP contribution >= 0.6 is 0 Å². The van der Waals surface area contributed by atoms with Crippen LogP contribution in [-0.4, -0.2) is 30.0 Å². The van der Waals surface area contributed by atoms with Crippen LogP contribution in [0.15, 0.2) is 36.9 Å². The molecule has 1 aliphatic heterocycles. The summed E-state index contributed by atoms with van der Waals surface area (Å²) in [4.78, 5) is 14.2. The maximum absolute atomic E-state index is 12.2. The minimum atomic E-state index is -0.0124. The van der Waals surface area contributed by atoms with Gasteiger partial charge in [0.05, 0.1) is 6.54 Å². The van der Waals surface area contributed by atoms with Crippen molar-refractivity contribution in [3.05, 3.63) is 42.5 Å². The Kier molecular flexibility index (Phi) is 3.97. The molecule has 112 valence electrons. The number of nitrogens with one attached hydrogen (secondary N) is 1. The molecule has 2 unspecified atom stereocenters. The average Bonchev–Trinajstić information content (AvgIpc) is 3.28. The van der Waals surface area contributed by atoms with Gasteiger partial charge in [0.1, 0.15) is 18.5 Å². The molecule has 1 amide bonds. The van der Waals surface area contributed by atoms with Crippen LogP contribution in [0, 0.1) is 5.92 Å². The van der Waals surface area contributed by atoms with Gasteiger partial charge in [-0.2, -0.15) is 0 Å². The van der Waals surface area contributed by atoms with Crippen molar-refractivity contribution < 1.29 is 9.53 Å². The number of carbonyl (C=O) groups is 1. The SMILES string of the molecule is C=CCOc1ccc(C2NCC(=O)N2C(C)C2CC2)cc1. The molecule has 0 spiro atoms. The smallest absolute Gasteiger partial charge is 0.238 e. The molecular formula is C17H22N2O2. The van der Waals surface area contributed by atoms with Crippen LogP contribution in [0.4, 0.5) is 0 Å². The van der Waals surface area contributed by atoms with E-state index in [4.69, 9.17) is 4.74 Å². The van der Waals surface area contributed by atoms with E-state index in [0.29, 0.717) is 25.1 Å². The second-order valence-corrected chi connectivity index (χ2v) is 5.83. The predicted octanol–water partition coefficient (Wildman–Crippen LogP) is 2.48. The molecule has 1 aliphatic carbocycles. The first-order chi connectivity index (χ1) is 10.2. The molecule has 4 heteroatoms. The first-order valence-electron chi connectivity index (χ1n) is 7.59. The van der Waals surface area contributed by atoms with Crippen LogP contribution in [0.5, 0.6) is 5.75 Å². The minimum Gasteiger partial charge on any atom is -0.490 e. The van der Waals surface area contributed by atoms with Crippen LogP contribution in [0.25, 0.3) is 0 Å². The van der Waals surface area contributed by atoms with E-state index < -0.39 is 0 Å². The molecule has 0 radical (unpaired) electrons. The highest BCUT2D eigenvalue weighted by molar-refractivity contribution is 5.81. The van der Waals surface area contributed by atoms with E-state index in [1.807, 2.05) is 29.2 Å². The summed E-state index contributed by atoms with van der Waals surface area (Å²) in [5.41, 5.74) is 1.11. The van der Waals surface area contributed by atoms with Crippen LogP contribution < -0.4 is 10.1 Å². The molecule has 2 fully saturated rings. The number of benzene rings is 1. The maximum Gasteiger partial charge on any atom is 0.238 e. The third-order valence-corrected chi connectivity index (χ3v) is 4.32. The number of ether oxygens (including phenoxy) is 1.